The molecule has 1 aromatic carbocycles. The maximum atomic E-state index is 11.7. The van der Waals surface area contributed by atoms with Crippen molar-refractivity contribution in [3.8, 4) is 0 Å². The van der Waals surface area contributed by atoms with E-state index >= 15 is 0 Å². The van der Waals surface area contributed by atoms with E-state index in [4.69, 9.17) is 4.74 Å². The zero-order chi connectivity index (χ0) is 14.4. The van der Waals surface area contributed by atoms with Crippen LogP contribution in [0.3, 0.4) is 0 Å². The van der Waals surface area contributed by atoms with E-state index < -0.39 is 0 Å². The summed E-state index contributed by atoms with van der Waals surface area (Å²) >= 11 is 1.72. The lowest BCUT2D eigenvalue weighted by molar-refractivity contribution is -0.145. The Balaban J connectivity index is 1.86. The van der Waals surface area contributed by atoms with Crippen LogP contribution < -0.4 is 5.32 Å². The number of para-hydroxylation sites is 1. The zero-order valence-electron chi connectivity index (χ0n) is 11.8. The highest BCUT2D eigenvalue weighted by molar-refractivity contribution is 7.99. The first kappa shape index (κ1) is 14.9. The van der Waals surface area contributed by atoms with E-state index in [0.717, 1.165) is 22.7 Å². The maximum Gasteiger partial charge on any atom is 0.323 e. The molecule has 1 heterocycles. The third-order valence-electron chi connectivity index (χ3n) is 3.09. The molecular formula is C15H20N2O2S. The van der Waals surface area contributed by atoms with E-state index in [1.165, 1.54) is 5.39 Å². The van der Waals surface area contributed by atoms with Gasteiger partial charge in [0.2, 0.25) is 0 Å². The highest BCUT2D eigenvalue weighted by Gasteiger charge is 2.17. The number of nitrogens with one attached hydrogen (secondary N) is 2. The smallest absolute Gasteiger partial charge is 0.323 e. The molecule has 2 aromatic rings. The summed E-state index contributed by atoms with van der Waals surface area (Å²) in [4.78, 5) is 15.0. The maximum absolute atomic E-state index is 11.7. The van der Waals surface area contributed by atoms with Crippen molar-refractivity contribution in [2.24, 2.45) is 0 Å². The van der Waals surface area contributed by atoms with Gasteiger partial charge in [-0.3, -0.25) is 4.79 Å². The molecular weight excluding hydrogens is 272 g/mol. The molecule has 0 spiro atoms. The predicted molar refractivity (Wildman–Crippen MR) is 83.1 cm³/mol. The molecule has 0 amide bonds. The largest absolute Gasteiger partial charge is 0.465 e. The molecule has 0 bridgehead atoms. The Hall–Kier alpha value is -1.46. The van der Waals surface area contributed by atoms with E-state index in [1.54, 1.807) is 18.8 Å². The van der Waals surface area contributed by atoms with Crippen molar-refractivity contribution in [1.29, 1.82) is 0 Å². The Labute approximate surface area is 123 Å². The van der Waals surface area contributed by atoms with Crippen LogP contribution in [0.5, 0.6) is 0 Å². The van der Waals surface area contributed by atoms with Gasteiger partial charge in [-0.15, -0.1) is 11.8 Å². The van der Waals surface area contributed by atoms with Crippen molar-refractivity contribution in [3.63, 3.8) is 0 Å². The van der Waals surface area contributed by atoms with Gasteiger partial charge in [-0.05, 0) is 32.5 Å². The summed E-state index contributed by atoms with van der Waals surface area (Å²) < 4.78 is 5.03. The standard InChI is InChI=1S/C15H20N2O2S/c1-3-19-15(18)13(16-2)8-9-20-14-10-11-6-4-5-7-12(11)17-14/h4-7,10,13,16-17H,3,8-9H2,1-2H3. The van der Waals surface area contributed by atoms with Crippen LogP contribution in [-0.4, -0.2) is 36.4 Å². The number of aromatic nitrogens is 1. The second-order valence-electron chi connectivity index (χ2n) is 4.45. The van der Waals surface area contributed by atoms with Gasteiger partial charge in [0.25, 0.3) is 0 Å². The lowest BCUT2D eigenvalue weighted by Crippen LogP contribution is -2.36. The molecule has 20 heavy (non-hydrogen) atoms. The number of carbonyl (C=O) groups excluding carboxylic acids is 1. The van der Waals surface area contributed by atoms with Crippen LogP contribution in [0.15, 0.2) is 35.4 Å². The molecule has 0 aliphatic rings. The van der Waals surface area contributed by atoms with Gasteiger partial charge in [0.05, 0.1) is 11.6 Å². The summed E-state index contributed by atoms with van der Waals surface area (Å²) in [7, 11) is 1.79. The van der Waals surface area contributed by atoms with Crippen LogP contribution in [0.2, 0.25) is 0 Å². The van der Waals surface area contributed by atoms with E-state index in [2.05, 4.69) is 28.5 Å². The van der Waals surface area contributed by atoms with E-state index in [-0.39, 0.29) is 12.0 Å². The summed E-state index contributed by atoms with van der Waals surface area (Å²) in [5.74, 6) is 0.684. The Kier molecular flexibility index (Phi) is 5.49. The summed E-state index contributed by atoms with van der Waals surface area (Å²) in [5, 5.41) is 5.34. The number of esters is 1. The summed E-state index contributed by atoms with van der Waals surface area (Å²) in [6, 6.07) is 10.1. The molecule has 0 aliphatic carbocycles. The Bertz CT molecular complexity index is 535. The Morgan fingerprint density at radius 3 is 2.95 bits per heavy atom. The van der Waals surface area contributed by atoms with E-state index in [0.29, 0.717) is 6.61 Å². The number of benzene rings is 1. The fourth-order valence-electron chi connectivity index (χ4n) is 2.03. The average Bonchev–Trinajstić information content (AvgIpc) is 2.86. The van der Waals surface area contributed by atoms with Crippen LogP contribution >= 0.6 is 11.8 Å². The summed E-state index contributed by atoms with van der Waals surface area (Å²) in [6.07, 6.45) is 0.745. The second kappa shape index (κ2) is 7.36. The second-order valence-corrected chi connectivity index (χ2v) is 5.59. The van der Waals surface area contributed by atoms with Gasteiger partial charge in [0.15, 0.2) is 0 Å². The molecule has 0 saturated heterocycles. The van der Waals surface area contributed by atoms with Crippen molar-refractivity contribution in [2.75, 3.05) is 19.4 Å². The number of hydrogen-bond donors (Lipinski definition) is 2. The number of ether oxygens (including phenoxy) is 1. The minimum absolute atomic E-state index is 0.174. The highest BCUT2D eigenvalue weighted by Crippen LogP contribution is 2.23. The minimum atomic E-state index is -0.230. The van der Waals surface area contributed by atoms with Crippen molar-refractivity contribution in [2.45, 2.75) is 24.4 Å². The lowest BCUT2D eigenvalue weighted by atomic mass is 10.2. The lowest BCUT2D eigenvalue weighted by Gasteiger charge is -2.13. The molecule has 1 aromatic heterocycles. The molecule has 0 aliphatic heterocycles. The molecule has 0 saturated carbocycles. The summed E-state index contributed by atoms with van der Waals surface area (Å²) in [5.41, 5.74) is 1.14. The number of hydrogen-bond acceptors (Lipinski definition) is 4. The van der Waals surface area contributed by atoms with Gasteiger partial charge >= 0.3 is 5.97 Å². The normalized spacial score (nSPS) is 12.5. The Morgan fingerprint density at radius 1 is 1.45 bits per heavy atom. The first-order chi connectivity index (χ1) is 9.74. The third kappa shape index (κ3) is 3.77. The average molecular weight is 292 g/mol. The van der Waals surface area contributed by atoms with Crippen molar-refractivity contribution in [1.82, 2.24) is 10.3 Å². The van der Waals surface area contributed by atoms with Gasteiger partial charge in [0, 0.05) is 16.7 Å². The first-order valence-electron chi connectivity index (χ1n) is 6.79. The van der Waals surface area contributed by atoms with E-state index in [1.807, 2.05) is 19.1 Å². The first-order valence-corrected chi connectivity index (χ1v) is 7.77. The van der Waals surface area contributed by atoms with Gasteiger partial charge in [-0.2, -0.15) is 0 Å². The monoisotopic (exact) mass is 292 g/mol. The number of H-pyrrole nitrogens is 1. The quantitative estimate of drug-likeness (QED) is 0.608. The van der Waals surface area contributed by atoms with Crippen molar-refractivity contribution >= 4 is 28.6 Å². The van der Waals surface area contributed by atoms with Crippen molar-refractivity contribution < 1.29 is 9.53 Å². The fourth-order valence-corrected chi connectivity index (χ4v) is 3.00. The van der Waals surface area contributed by atoms with Gasteiger partial charge in [-0.25, -0.2) is 0 Å². The van der Waals surface area contributed by atoms with Crippen molar-refractivity contribution in [3.05, 3.63) is 30.3 Å². The molecule has 0 radical (unpaired) electrons. The third-order valence-corrected chi connectivity index (χ3v) is 4.06. The molecule has 5 heteroatoms. The van der Waals surface area contributed by atoms with E-state index in [9.17, 15) is 4.79 Å². The van der Waals surface area contributed by atoms with Gasteiger partial charge < -0.3 is 15.0 Å². The highest BCUT2D eigenvalue weighted by atomic mass is 32.2. The molecule has 2 rings (SSSR count). The zero-order valence-corrected chi connectivity index (χ0v) is 12.6. The Morgan fingerprint density at radius 2 is 2.25 bits per heavy atom. The fraction of sp³-hybridized carbons (Fsp3) is 0.400. The number of rotatable bonds is 7. The number of fused-ring (bicyclic) bond motifs is 1. The molecule has 1 unspecified atom stereocenters. The number of aromatic amines is 1. The predicted octanol–water partition coefficient (Wildman–Crippen LogP) is 2.80. The molecule has 108 valence electrons. The van der Waals surface area contributed by atoms with Crippen LogP contribution in [0.25, 0.3) is 10.9 Å². The summed E-state index contributed by atoms with van der Waals surface area (Å²) in [6.45, 7) is 2.25. The molecule has 0 fully saturated rings. The number of thioether (sulfide) groups is 1. The topological polar surface area (TPSA) is 54.1 Å². The molecule has 1 atom stereocenters. The SMILES string of the molecule is CCOC(=O)C(CCSc1cc2ccccc2[nH]1)NC. The molecule has 2 N–H and O–H groups in total. The van der Waals surface area contributed by atoms with Crippen LogP contribution in [0.1, 0.15) is 13.3 Å². The minimum Gasteiger partial charge on any atom is -0.465 e. The van der Waals surface area contributed by atoms with Crippen LogP contribution in [-0.2, 0) is 9.53 Å². The number of likely N-dealkylation sites (N-methyl/N-ethyl adjacent to an activating group) is 1. The number of carbonyl (C=O) groups is 1. The molecule has 4 nitrogen and oxygen atoms in total. The van der Waals surface area contributed by atoms with Gasteiger partial charge in [-0.1, -0.05) is 18.2 Å². The van der Waals surface area contributed by atoms with Crippen LogP contribution in [0, 0.1) is 0 Å². The van der Waals surface area contributed by atoms with Crippen LogP contribution in [0.4, 0.5) is 0 Å². The van der Waals surface area contributed by atoms with Gasteiger partial charge in [0.1, 0.15) is 6.04 Å².